The lowest BCUT2D eigenvalue weighted by Gasteiger charge is -2.36. The maximum absolute atomic E-state index is 12.6. The summed E-state index contributed by atoms with van der Waals surface area (Å²) in [5.41, 5.74) is 4.36. The van der Waals surface area contributed by atoms with E-state index in [1.807, 2.05) is 17.4 Å². The molecule has 172 valence electrons. The summed E-state index contributed by atoms with van der Waals surface area (Å²) in [6.45, 7) is 4.55. The molecule has 2 aromatic heterocycles. The van der Waals surface area contributed by atoms with Crippen molar-refractivity contribution in [2.24, 2.45) is 0 Å². The minimum atomic E-state index is -3.50. The van der Waals surface area contributed by atoms with Crippen molar-refractivity contribution in [1.82, 2.24) is 18.8 Å². The van der Waals surface area contributed by atoms with E-state index >= 15 is 0 Å². The Balaban J connectivity index is 1.55. The Hall–Kier alpha value is -2.52. The van der Waals surface area contributed by atoms with Crippen LogP contribution >= 0.6 is 11.3 Å². The molecule has 2 aromatic carbocycles. The lowest BCUT2D eigenvalue weighted by atomic mass is 9.93. The Bertz CT molecular complexity index is 1390. The first-order valence-corrected chi connectivity index (χ1v) is 13.5. The third-order valence-corrected chi connectivity index (χ3v) is 9.23. The van der Waals surface area contributed by atoms with E-state index in [0.717, 1.165) is 36.4 Å². The summed E-state index contributed by atoms with van der Waals surface area (Å²) in [5.74, 6) is 0.964. The van der Waals surface area contributed by atoms with E-state index in [-0.39, 0.29) is 10.9 Å². The van der Waals surface area contributed by atoms with Gasteiger partial charge in [0.25, 0.3) is 0 Å². The number of sulfonamides is 1. The van der Waals surface area contributed by atoms with Crippen LogP contribution in [0.2, 0.25) is 0 Å². The van der Waals surface area contributed by atoms with Gasteiger partial charge >= 0.3 is 0 Å². The largest absolute Gasteiger partial charge is 0.327 e. The summed E-state index contributed by atoms with van der Waals surface area (Å²) in [6.07, 6.45) is 1.04. The van der Waals surface area contributed by atoms with Gasteiger partial charge in [-0.15, -0.1) is 11.3 Å². The smallest absolute Gasteiger partial charge is 0.242 e. The number of fused-ring (bicyclic) bond motifs is 2. The van der Waals surface area contributed by atoms with Gasteiger partial charge in [0, 0.05) is 32.1 Å². The van der Waals surface area contributed by atoms with Crippen LogP contribution in [0.5, 0.6) is 0 Å². The van der Waals surface area contributed by atoms with Gasteiger partial charge in [0.2, 0.25) is 10.0 Å². The molecule has 1 atom stereocenters. The van der Waals surface area contributed by atoms with Crippen LogP contribution in [0.1, 0.15) is 34.8 Å². The molecule has 0 unspecified atom stereocenters. The predicted octanol–water partition coefficient (Wildman–Crippen LogP) is 4.52. The van der Waals surface area contributed by atoms with Crippen molar-refractivity contribution >= 4 is 32.4 Å². The van der Waals surface area contributed by atoms with E-state index in [1.54, 1.807) is 26.2 Å². The molecule has 3 heterocycles. The molecule has 0 saturated heterocycles. The fourth-order valence-corrected chi connectivity index (χ4v) is 6.58. The third kappa shape index (κ3) is 3.91. The van der Waals surface area contributed by atoms with Crippen LogP contribution in [-0.4, -0.2) is 47.8 Å². The molecule has 4 aromatic rings. The van der Waals surface area contributed by atoms with Crippen molar-refractivity contribution < 1.29 is 8.42 Å². The molecule has 0 saturated carbocycles. The second kappa shape index (κ2) is 8.68. The molecular formula is C25H28N4O2S2. The second-order valence-corrected chi connectivity index (χ2v) is 11.7. The van der Waals surface area contributed by atoms with Crippen LogP contribution in [0.4, 0.5) is 0 Å². The number of nitrogens with zero attached hydrogens (tertiary/aromatic N) is 4. The first-order chi connectivity index (χ1) is 15.9. The van der Waals surface area contributed by atoms with Crippen LogP contribution in [0.3, 0.4) is 0 Å². The Morgan fingerprint density at radius 3 is 2.64 bits per heavy atom. The molecule has 1 aliphatic heterocycles. The van der Waals surface area contributed by atoms with Crippen LogP contribution in [-0.2, 0) is 29.5 Å². The minimum Gasteiger partial charge on any atom is -0.327 e. The van der Waals surface area contributed by atoms with Crippen molar-refractivity contribution in [3.63, 3.8) is 0 Å². The van der Waals surface area contributed by atoms with Gasteiger partial charge in [0.1, 0.15) is 5.82 Å². The molecule has 33 heavy (non-hydrogen) atoms. The van der Waals surface area contributed by atoms with Gasteiger partial charge in [-0.3, -0.25) is 4.90 Å². The summed E-state index contributed by atoms with van der Waals surface area (Å²) in [4.78, 5) is 9.15. The van der Waals surface area contributed by atoms with E-state index in [4.69, 9.17) is 4.98 Å². The molecule has 8 heteroatoms. The SMILES string of the molecule is CCn1c(CN2CCc3sccc3[C@@H]2c2ccccc2)nc2cc(S(=O)(=O)N(C)C)ccc21. The molecule has 6 nitrogen and oxygen atoms in total. The van der Waals surface area contributed by atoms with Crippen molar-refractivity contribution in [3.05, 3.63) is 81.8 Å². The summed E-state index contributed by atoms with van der Waals surface area (Å²) in [6, 6.07) is 18.4. The van der Waals surface area contributed by atoms with Gasteiger partial charge in [-0.1, -0.05) is 30.3 Å². The number of benzene rings is 2. The molecule has 5 rings (SSSR count). The van der Waals surface area contributed by atoms with E-state index < -0.39 is 10.0 Å². The number of rotatable bonds is 6. The molecule has 0 radical (unpaired) electrons. The zero-order valence-electron chi connectivity index (χ0n) is 19.1. The summed E-state index contributed by atoms with van der Waals surface area (Å²) >= 11 is 1.84. The summed E-state index contributed by atoms with van der Waals surface area (Å²) in [7, 11) is -0.403. The average Bonchev–Trinajstić information content (AvgIpc) is 3.42. The molecule has 1 aliphatic rings. The molecular weight excluding hydrogens is 452 g/mol. The minimum absolute atomic E-state index is 0.191. The first-order valence-electron chi connectivity index (χ1n) is 11.2. The van der Waals surface area contributed by atoms with Crippen molar-refractivity contribution in [1.29, 1.82) is 0 Å². The van der Waals surface area contributed by atoms with E-state index in [2.05, 4.69) is 58.2 Å². The standard InChI is InChI=1S/C25H28N4O2S2/c1-4-29-22-11-10-19(33(30,31)27(2)3)16-21(22)26-24(29)17-28-14-12-23-20(13-15-32-23)25(28)18-8-6-5-7-9-18/h5-11,13,15-16,25H,4,12,14,17H2,1-3H3/t25-/m0/s1. The lowest BCUT2D eigenvalue weighted by Crippen LogP contribution is -2.35. The molecule has 0 N–H and O–H groups in total. The average molecular weight is 481 g/mol. The second-order valence-electron chi connectivity index (χ2n) is 8.54. The van der Waals surface area contributed by atoms with E-state index in [0.29, 0.717) is 6.54 Å². The third-order valence-electron chi connectivity index (χ3n) is 6.42. The Morgan fingerprint density at radius 2 is 1.91 bits per heavy atom. The fourth-order valence-electron chi connectivity index (χ4n) is 4.75. The van der Waals surface area contributed by atoms with Gasteiger partial charge in [-0.25, -0.2) is 17.7 Å². The molecule has 0 aliphatic carbocycles. The van der Waals surface area contributed by atoms with Gasteiger partial charge in [-0.05, 0) is 54.1 Å². The Kier molecular flexibility index (Phi) is 5.86. The lowest BCUT2D eigenvalue weighted by molar-refractivity contribution is 0.199. The first kappa shape index (κ1) is 22.3. The molecule has 0 amide bonds. The zero-order valence-corrected chi connectivity index (χ0v) is 20.7. The maximum Gasteiger partial charge on any atom is 0.242 e. The highest BCUT2D eigenvalue weighted by atomic mass is 32.2. The van der Waals surface area contributed by atoms with E-state index in [1.165, 1.54) is 20.3 Å². The number of imidazole rings is 1. The highest BCUT2D eigenvalue weighted by Gasteiger charge is 2.31. The topological polar surface area (TPSA) is 58.4 Å². The molecule has 0 bridgehead atoms. The summed E-state index contributed by atoms with van der Waals surface area (Å²) < 4.78 is 28.7. The summed E-state index contributed by atoms with van der Waals surface area (Å²) in [5, 5.41) is 2.19. The number of aromatic nitrogens is 2. The Morgan fingerprint density at radius 1 is 1.12 bits per heavy atom. The van der Waals surface area contributed by atoms with E-state index in [9.17, 15) is 8.42 Å². The fraction of sp³-hybridized carbons (Fsp3) is 0.320. The highest BCUT2D eigenvalue weighted by Crippen LogP contribution is 2.38. The van der Waals surface area contributed by atoms with Gasteiger partial charge in [-0.2, -0.15) is 0 Å². The normalized spacial score (nSPS) is 17.0. The van der Waals surface area contributed by atoms with Crippen molar-refractivity contribution in [3.8, 4) is 0 Å². The number of aryl methyl sites for hydroxylation is 1. The number of hydrogen-bond acceptors (Lipinski definition) is 5. The van der Waals surface area contributed by atoms with Crippen molar-refractivity contribution in [2.45, 2.75) is 37.4 Å². The number of hydrogen-bond donors (Lipinski definition) is 0. The van der Waals surface area contributed by atoms with Crippen LogP contribution in [0.25, 0.3) is 11.0 Å². The predicted molar refractivity (Wildman–Crippen MR) is 133 cm³/mol. The van der Waals surface area contributed by atoms with Crippen LogP contribution in [0.15, 0.2) is 64.9 Å². The number of thiophene rings is 1. The molecule has 0 spiro atoms. The van der Waals surface area contributed by atoms with Crippen LogP contribution in [0, 0.1) is 0 Å². The quantitative estimate of drug-likeness (QED) is 0.407. The monoisotopic (exact) mass is 480 g/mol. The van der Waals surface area contributed by atoms with Gasteiger partial charge in [0.15, 0.2) is 0 Å². The van der Waals surface area contributed by atoms with Crippen molar-refractivity contribution in [2.75, 3.05) is 20.6 Å². The Labute approximate surface area is 199 Å². The maximum atomic E-state index is 12.6. The van der Waals surface area contributed by atoms with Gasteiger partial charge < -0.3 is 4.57 Å². The highest BCUT2D eigenvalue weighted by molar-refractivity contribution is 7.89. The van der Waals surface area contributed by atoms with Crippen LogP contribution < -0.4 is 0 Å². The zero-order chi connectivity index (χ0) is 23.2. The molecule has 0 fully saturated rings. The van der Waals surface area contributed by atoms with Gasteiger partial charge in [0.05, 0.1) is 28.5 Å².